The third-order valence-electron chi connectivity index (χ3n) is 3.08. The van der Waals surface area contributed by atoms with Gasteiger partial charge in [0.1, 0.15) is 0 Å². The highest BCUT2D eigenvalue weighted by atomic mass is 14.1. The largest absolute Gasteiger partial charge is 0.0622 e. The second-order valence-electron chi connectivity index (χ2n) is 4.34. The standard InChI is InChI=1S/C16H18/c1-14(16-10-6-3-7-11-16)12-13-15-8-4-2-5-9-15/h2-11,14H,12-13H2,1H3/t14-/m1/s1. The molecule has 0 heteroatoms. The van der Waals surface area contributed by atoms with E-state index < -0.39 is 0 Å². The van der Waals surface area contributed by atoms with Gasteiger partial charge >= 0.3 is 0 Å². The third kappa shape index (κ3) is 2.96. The van der Waals surface area contributed by atoms with Gasteiger partial charge in [-0.3, -0.25) is 0 Å². The van der Waals surface area contributed by atoms with E-state index >= 15 is 0 Å². The predicted molar refractivity (Wildman–Crippen MR) is 69.6 cm³/mol. The Morgan fingerprint density at radius 1 is 0.812 bits per heavy atom. The van der Waals surface area contributed by atoms with E-state index in [0.717, 1.165) is 6.42 Å². The average molecular weight is 210 g/mol. The van der Waals surface area contributed by atoms with Gasteiger partial charge in [-0.25, -0.2) is 0 Å². The van der Waals surface area contributed by atoms with Gasteiger partial charge in [0.05, 0.1) is 0 Å². The van der Waals surface area contributed by atoms with Crippen LogP contribution in [0, 0.1) is 0 Å². The molecule has 0 heterocycles. The molecule has 82 valence electrons. The number of benzene rings is 2. The Morgan fingerprint density at radius 2 is 1.38 bits per heavy atom. The number of aryl methyl sites for hydroxylation is 1. The van der Waals surface area contributed by atoms with Gasteiger partial charge in [0.2, 0.25) is 0 Å². The molecule has 0 spiro atoms. The molecule has 0 aromatic heterocycles. The topological polar surface area (TPSA) is 0 Å². The minimum absolute atomic E-state index is 0.640. The zero-order chi connectivity index (χ0) is 11.2. The molecule has 0 saturated heterocycles. The van der Waals surface area contributed by atoms with E-state index in [9.17, 15) is 0 Å². The van der Waals surface area contributed by atoms with Gasteiger partial charge < -0.3 is 0 Å². The van der Waals surface area contributed by atoms with Gasteiger partial charge in [0.25, 0.3) is 0 Å². The van der Waals surface area contributed by atoms with Crippen molar-refractivity contribution < 1.29 is 0 Å². The van der Waals surface area contributed by atoms with Crippen molar-refractivity contribution in [1.29, 1.82) is 0 Å². The van der Waals surface area contributed by atoms with Crippen LogP contribution in [-0.2, 0) is 6.42 Å². The molecular formula is C16H18. The molecule has 1 atom stereocenters. The van der Waals surface area contributed by atoms with Crippen LogP contribution in [-0.4, -0.2) is 0 Å². The number of rotatable bonds is 4. The van der Waals surface area contributed by atoms with E-state index in [1.54, 1.807) is 0 Å². The minimum atomic E-state index is 0.640. The van der Waals surface area contributed by atoms with Gasteiger partial charge in [-0.15, -0.1) is 0 Å². The fourth-order valence-electron chi connectivity index (χ4n) is 1.98. The van der Waals surface area contributed by atoms with E-state index in [-0.39, 0.29) is 0 Å². The molecule has 0 radical (unpaired) electrons. The molecule has 0 fully saturated rings. The Balaban J connectivity index is 1.92. The minimum Gasteiger partial charge on any atom is -0.0622 e. The maximum atomic E-state index is 2.30. The summed E-state index contributed by atoms with van der Waals surface area (Å²) in [5.74, 6) is 0.640. The van der Waals surface area contributed by atoms with Crippen LogP contribution in [0.3, 0.4) is 0 Å². The van der Waals surface area contributed by atoms with Gasteiger partial charge in [0.15, 0.2) is 0 Å². The Bertz CT molecular complexity index is 403. The molecule has 2 aromatic carbocycles. The van der Waals surface area contributed by atoms with Crippen LogP contribution in [0.2, 0.25) is 0 Å². The second-order valence-corrected chi connectivity index (χ2v) is 4.34. The highest BCUT2D eigenvalue weighted by Gasteiger charge is 2.04. The second kappa shape index (κ2) is 5.50. The quantitative estimate of drug-likeness (QED) is 0.700. The van der Waals surface area contributed by atoms with E-state index in [0.29, 0.717) is 5.92 Å². The van der Waals surface area contributed by atoms with Crippen molar-refractivity contribution in [2.24, 2.45) is 0 Å². The Morgan fingerprint density at radius 3 is 2.00 bits per heavy atom. The zero-order valence-electron chi connectivity index (χ0n) is 9.77. The van der Waals surface area contributed by atoms with Crippen molar-refractivity contribution in [2.45, 2.75) is 25.7 Å². The Kier molecular flexibility index (Phi) is 3.76. The lowest BCUT2D eigenvalue weighted by atomic mass is 9.94. The van der Waals surface area contributed by atoms with E-state index in [1.165, 1.54) is 17.5 Å². The summed E-state index contributed by atoms with van der Waals surface area (Å²) in [6.07, 6.45) is 2.38. The lowest BCUT2D eigenvalue weighted by Crippen LogP contribution is -1.95. The summed E-state index contributed by atoms with van der Waals surface area (Å²) in [5.41, 5.74) is 2.88. The van der Waals surface area contributed by atoms with Crippen molar-refractivity contribution in [2.75, 3.05) is 0 Å². The van der Waals surface area contributed by atoms with E-state index in [1.807, 2.05) is 0 Å². The monoisotopic (exact) mass is 210 g/mol. The first kappa shape index (κ1) is 10.9. The first-order valence-corrected chi connectivity index (χ1v) is 5.95. The molecule has 2 rings (SSSR count). The fraction of sp³-hybridized carbons (Fsp3) is 0.250. The number of hydrogen-bond donors (Lipinski definition) is 0. The molecule has 0 saturated carbocycles. The van der Waals surface area contributed by atoms with Crippen LogP contribution in [0.4, 0.5) is 0 Å². The molecule has 0 unspecified atom stereocenters. The summed E-state index contributed by atoms with van der Waals surface area (Å²) in [5, 5.41) is 0. The highest BCUT2D eigenvalue weighted by Crippen LogP contribution is 2.20. The third-order valence-corrected chi connectivity index (χ3v) is 3.08. The zero-order valence-corrected chi connectivity index (χ0v) is 9.77. The van der Waals surface area contributed by atoms with E-state index in [4.69, 9.17) is 0 Å². The van der Waals surface area contributed by atoms with Crippen molar-refractivity contribution in [3.8, 4) is 0 Å². The predicted octanol–water partition coefficient (Wildman–Crippen LogP) is 4.42. The molecule has 0 amide bonds. The summed E-state index contributed by atoms with van der Waals surface area (Å²) in [4.78, 5) is 0. The molecule has 0 nitrogen and oxygen atoms in total. The summed E-state index contributed by atoms with van der Waals surface area (Å²) in [6.45, 7) is 2.30. The van der Waals surface area contributed by atoms with Crippen molar-refractivity contribution in [3.63, 3.8) is 0 Å². The smallest absolute Gasteiger partial charge is 0.0187 e. The number of hydrogen-bond acceptors (Lipinski definition) is 0. The summed E-state index contributed by atoms with van der Waals surface area (Å²) in [7, 11) is 0. The van der Waals surface area contributed by atoms with E-state index in [2.05, 4.69) is 67.6 Å². The highest BCUT2D eigenvalue weighted by molar-refractivity contribution is 5.20. The van der Waals surface area contributed by atoms with Crippen molar-refractivity contribution in [1.82, 2.24) is 0 Å². The Hall–Kier alpha value is -1.56. The molecule has 0 aliphatic heterocycles. The maximum absolute atomic E-state index is 2.30. The molecular weight excluding hydrogens is 192 g/mol. The van der Waals surface area contributed by atoms with Crippen LogP contribution in [0.1, 0.15) is 30.4 Å². The van der Waals surface area contributed by atoms with Crippen LogP contribution in [0.25, 0.3) is 0 Å². The van der Waals surface area contributed by atoms with Gasteiger partial charge in [-0.1, -0.05) is 67.6 Å². The first-order valence-electron chi connectivity index (χ1n) is 5.95. The van der Waals surface area contributed by atoms with Crippen LogP contribution in [0.5, 0.6) is 0 Å². The van der Waals surface area contributed by atoms with Crippen LogP contribution >= 0.6 is 0 Å². The molecule has 2 aromatic rings. The average Bonchev–Trinajstić information content (AvgIpc) is 2.38. The lowest BCUT2D eigenvalue weighted by molar-refractivity contribution is 0.679. The molecule has 0 bridgehead atoms. The Labute approximate surface area is 97.9 Å². The molecule has 0 N–H and O–H groups in total. The molecule has 16 heavy (non-hydrogen) atoms. The van der Waals surface area contributed by atoms with Crippen molar-refractivity contribution in [3.05, 3.63) is 71.8 Å². The van der Waals surface area contributed by atoms with Gasteiger partial charge in [-0.05, 0) is 29.9 Å². The van der Waals surface area contributed by atoms with Crippen LogP contribution < -0.4 is 0 Å². The summed E-state index contributed by atoms with van der Waals surface area (Å²) in [6, 6.07) is 21.5. The summed E-state index contributed by atoms with van der Waals surface area (Å²) < 4.78 is 0. The van der Waals surface area contributed by atoms with Gasteiger partial charge in [0, 0.05) is 0 Å². The lowest BCUT2D eigenvalue weighted by Gasteiger charge is -2.11. The van der Waals surface area contributed by atoms with Crippen LogP contribution in [0.15, 0.2) is 60.7 Å². The summed E-state index contributed by atoms with van der Waals surface area (Å²) >= 11 is 0. The molecule has 0 aliphatic rings. The fourth-order valence-corrected chi connectivity index (χ4v) is 1.98. The molecule has 0 aliphatic carbocycles. The maximum Gasteiger partial charge on any atom is -0.0187 e. The SMILES string of the molecule is C[C@H](CCc1ccccc1)c1ccccc1. The normalized spacial score (nSPS) is 12.3. The first-order chi connectivity index (χ1) is 7.86. The van der Waals surface area contributed by atoms with Gasteiger partial charge in [-0.2, -0.15) is 0 Å². The van der Waals surface area contributed by atoms with Crippen molar-refractivity contribution >= 4 is 0 Å².